The molecule has 0 spiro atoms. The summed E-state index contributed by atoms with van der Waals surface area (Å²) < 4.78 is 2.26. The van der Waals surface area contributed by atoms with Crippen LogP contribution < -0.4 is 16.6 Å². The van der Waals surface area contributed by atoms with E-state index in [0.29, 0.717) is 5.16 Å². The van der Waals surface area contributed by atoms with Crippen LogP contribution in [0.3, 0.4) is 0 Å². The quantitative estimate of drug-likeness (QED) is 0.346. The number of hydrogen-bond donors (Lipinski definition) is 3. The van der Waals surface area contributed by atoms with Crippen LogP contribution in [0, 0.1) is 0 Å². The van der Waals surface area contributed by atoms with Gasteiger partial charge in [0.1, 0.15) is 5.82 Å². The number of anilines is 2. The van der Waals surface area contributed by atoms with Crippen molar-refractivity contribution in [3.63, 3.8) is 0 Å². The van der Waals surface area contributed by atoms with Crippen LogP contribution in [0.15, 0.2) is 58.5 Å². The molecule has 0 radical (unpaired) electrons. The number of nitrogen functional groups attached to an aromatic ring is 1. The molecule has 1 atom stereocenters. The summed E-state index contributed by atoms with van der Waals surface area (Å²) in [7, 11) is 0. The maximum Gasteiger partial charge on any atom is 0.253 e. The number of fused-ring (bicyclic) bond motifs is 3. The summed E-state index contributed by atoms with van der Waals surface area (Å²) in [6.45, 7) is 4.74. The molecule has 0 bridgehead atoms. The first-order chi connectivity index (χ1) is 14.0. The molecule has 2 aromatic carbocycles. The van der Waals surface area contributed by atoms with Crippen molar-refractivity contribution in [1.82, 2.24) is 14.5 Å². The van der Waals surface area contributed by atoms with Gasteiger partial charge < -0.3 is 20.6 Å². The molecular formula is C21H21N5O2S. The maximum atomic E-state index is 12.7. The number of thioether (sulfide) groups is 1. The van der Waals surface area contributed by atoms with E-state index in [1.165, 1.54) is 11.6 Å². The molecule has 0 unspecified atom stereocenters. The van der Waals surface area contributed by atoms with E-state index < -0.39 is 5.25 Å². The number of nitrogens with zero attached hydrogens (tertiary/aromatic N) is 2. The highest BCUT2D eigenvalue weighted by molar-refractivity contribution is 8.00. The SMILES string of the molecule is CCn1c2ccccc2c2cc(NC(=O)[C@@H](C)Sc3nc(N)cc(=O)[nH]3)ccc21. The summed E-state index contributed by atoms with van der Waals surface area (Å²) in [5.41, 5.74) is 8.29. The summed E-state index contributed by atoms with van der Waals surface area (Å²) in [4.78, 5) is 30.8. The molecule has 29 heavy (non-hydrogen) atoms. The van der Waals surface area contributed by atoms with Gasteiger partial charge >= 0.3 is 0 Å². The van der Waals surface area contributed by atoms with Crippen LogP contribution >= 0.6 is 11.8 Å². The van der Waals surface area contributed by atoms with E-state index in [1.807, 2.05) is 30.3 Å². The number of aromatic nitrogens is 3. The molecule has 4 aromatic rings. The first kappa shape index (κ1) is 19.1. The van der Waals surface area contributed by atoms with Crippen molar-refractivity contribution in [2.45, 2.75) is 30.8 Å². The minimum absolute atomic E-state index is 0.127. The number of H-pyrrole nitrogens is 1. The number of aryl methyl sites for hydroxylation is 1. The minimum atomic E-state index is -0.465. The molecule has 8 heteroatoms. The van der Waals surface area contributed by atoms with Crippen LogP contribution in [-0.2, 0) is 11.3 Å². The number of nitrogens with two attached hydrogens (primary N) is 1. The monoisotopic (exact) mass is 407 g/mol. The summed E-state index contributed by atoms with van der Waals surface area (Å²) in [5, 5.41) is 5.06. The lowest BCUT2D eigenvalue weighted by Gasteiger charge is -2.12. The molecule has 0 saturated heterocycles. The van der Waals surface area contributed by atoms with Gasteiger partial charge in [0.25, 0.3) is 5.56 Å². The summed E-state index contributed by atoms with van der Waals surface area (Å²) in [6.07, 6.45) is 0. The van der Waals surface area contributed by atoms with Crippen LogP contribution in [0.5, 0.6) is 0 Å². The average Bonchev–Trinajstić information content (AvgIpc) is 3.00. The van der Waals surface area contributed by atoms with Gasteiger partial charge in [-0.3, -0.25) is 9.59 Å². The van der Waals surface area contributed by atoms with E-state index in [9.17, 15) is 9.59 Å². The Kier molecular flexibility index (Phi) is 5.02. The predicted octanol–water partition coefficient (Wildman–Crippen LogP) is 3.60. The topological polar surface area (TPSA) is 106 Å². The molecule has 1 amide bonds. The standard InChI is InChI=1S/C21H21N5O2S/c1-3-26-16-7-5-4-6-14(16)15-10-13(8-9-17(15)26)23-20(28)12(2)29-21-24-18(22)11-19(27)25-21/h4-12H,3H2,1-2H3,(H,23,28)(H3,22,24,25,27)/t12-/m1/s1. The fraction of sp³-hybridized carbons (Fsp3) is 0.190. The Labute approximate surface area is 171 Å². The van der Waals surface area contributed by atoms with Crippen molar-refractivity contribution in [3.05, 3.63) is 58.9 Å². The largest absolute Gasteiger partial charge is 0.383 e. The van der Waals surface area contributed by atoms with E-state index in [4.69, 9.17) is 5.73 Å². The first-order valence-corrected chi connectivity index (χ1v) is 10.2. The Balaban J connectivity index is 1.59. The second kappa shape index (κ2) is 7.63. The average molecular weight is 407 g/mol. The number of aromatic amines is 1. The molecule has 0 aliphatic rings. The Hall–Kier alpha value is -3.26. The van der Waals surface area contributed by atoms with Crippen molar-refractivity contribution in [3.8, 4) is 0 Å². The summed E-state index contributed by atoms with van der Waals surface area (Å²) >= 11 is 1.15. The number of para-hydroxylation sites is 1. The number of hydrogen-bond acceptors (Lipinski definition) is 5. The smallest absolute Gasteiger partial charge is 0.253 e. The van der Waals surface area contributed by atoms with Gasteiger partial charge in [0.2, 0.25) is 5.91 Å². The number of amides is 1. The fourth-order valence-corrected chi connectivity index (χ4v) is 4.26. The summed E-state index contributed by atoms with van der Waals surface area (Å²) in [5.74, 6) is -0.0553. The number of carbonyl (C=O) groups is 1. The van der Waals surface area contributed by atoms with Crippen LogP contribution in [0.4, 0.5) is 11.5 Å². The third kappa shape index (κ3) is 3.71. The summed E-state index contributed by atoms with van der Waals surface area (Å²) in [6, 6.07) is 15.4. The van der Waals surface area contributed by atoms with Crippen molar-refractivity contribution < 1.29 is 4.79 Å². The van der Waals surface area contributed by atoms with Gasteiger partial charge in [-0.25, -0.2) is 4.98 Å². The second-order valence-corrected chi connectivity index (χ2v) is 8.05. The Morgan fingerprint density at radius 1 is 1.21 bits per heavy atom. The Bertz CT molecular complexity index is 1280. The van der Waals surface area contributed by atoms with E-state index in [0.717, 1.165) is 40.3 Å². The van der Waals surface area contributed by atoms with Gasteiger partial charge in [0.05, 0.1) is 5.25 Å². The van der Waals surface area contributed by atoms with Crippen LogP contribution in [0.25, 0.3) is 21.8 Å². The number of carbonyl (C=O) groups excluding carboxylic acids is 1. The zero-order valence-corrected chi connectivity index (χ0v) is 16.9. The predicted molar refractivity (Wildman–Crippen MR) is 118 cm³/mol. The molecule has 0 aliphatic carbocycles. The lowest BCUT2D eigenvalue weighted by Crippen LogP contribution is -2.23. The highest BCUT2D eigenvalue weighted by Crippen LogP contribution is 2.31. The Morgan fingerprint density at radius 3 is 2.72 bits per heavy atom. The maximum absolute atomic E-state index is 12.7. The van der Waals surface area contributed by atoms with Crippen molar-refractivity contribution in [2.75, 3.05) is 11.1 Å². The normalized spacial score (nSPS) is 12.3. The van der Waals surface area contributed by atoms with Gasteiger partial charge in [-0.05, 0) is 38.1 Å². The third-order valence-electron chi connectivity index (χ3n) is 4.75. The van der Waals surface area contributed by atoms with Gasteiger partial charge in [-0.15, -0.1) is 0 Å². The zero-order chi connectivity index (χ0) is 20.5. The molecule has 7 nitrogen and oxygen atoms in total. The lowest BCUT2D eigenvalue weighted by atomic mass is 10.1. The molecule has 4 N–H and O–H groups in total. The highest BCUT2D eigenvalue weighted by atomic mass is 32.2. The van der Waals surface area contributed by atoms with E-state index in [2.05, 4.69) is 38.9 Å². The van der Waals surface area contributed by atoms with E-state index >= 15 is 0 Å². The van der Waals surface area contributed by atoms with Crippen LogP contribution in [-0.4, -0.2) is 25.7 Å². The zero-order valence-electron chi connectivity index (χ0n) is 16.1. The third-order valence-corrected chi connectivity index (χ3v) is 5.74. The molecule has 0 saturated carbocycles. The molecular weight excluding hydrogens is 386 g/mol. The van der Waals surface area contributed by atoms with Crippen LogP contribution in [0.2, 0.25) is 0 Å². The van der Waals surface area contributed by atoms with E-state index in [1.54, 1.807) is 6.92 Å². The molecule has 0 fully saturated rings. The number of benzene rings is 2. The van der Waals surface area contributed by atoms with Crippen molar-refractivity contribution in [1.29, 1.82) is 0 Å². The molecule has 2 aromatic heterocycles. The number of nitrogens with one attached hydrogen (secondary N) is 2. The van der Waals surface area contributed by atoms with Crippen LogP contribution in [0.1, 0.15) is 13.8 Å². The lowest BCUT2D eigenvalue weighted by molar-refractivity contribution is -0.115. The van der Waals surface area contributed by atoms with Gasteiger partial charge in [0, 0.05) is 40.1 Å². The molecule has 2 heterocycles. The highest BCUT2D eigenvalue weighted by Gasteiger charge is 2.17. The molecule has 4 rings (SSSR count). The van der Waals surface area contributed by atoms with Gasteiger partial charge in [0.15, 0.2) is 5.16 Å². The van der Waals surface area contributed by atoms with Crippen molar-refractivity contribution >= 4 is 51.0 Å². The second-order valence-electron chi connectivity index (χ2n) is 6.72. The molecule has 0 aliphatic heterocycles. The minimum Gasteiger partial charge on any atom is -0.383 e. The van der Waals surface area contributed by atoms with Gasteiger partial charge in [-0.2, -0.15) is 0 Å². The number of rotatable bonds is 5. The molecule has 148 valence electrons. The first-order valence-electron chi connectivity index (χ1n) is 9.31. The Morgan fingerprint density at radius 2 is 1.97 bits per heavy atom. The van der Waals surface area contributed by atoms with E-state index in [-0.39, 0.29) is 17.3 Å². The van der Waals surface area contributed by atoms with Crippen molar-refractivity contribution in [2.24, 2.45) is 0 Å². The van der Waals surface area contributed by atoms with Gasteiger partial charge in [-0.1, -0.05) is 30.0 Å². The fourth-order valence-electron chi connectivity index (χ4n) is 3.45.